The van der Waals surface area contributed by atoms with Gasteiger partial charge in [0.05, 0.1) is 11.7 Å². The largest absolute Gasteiger partial charge is 0.504 e. The second-order valence-electron chi connectivity index (χ2n) is 5.44. The number of benzene rings is 1. The highest BCUT2D eigenvalue weighted by atomic mass is 16.3. The summed E-state index contributed by atoms with van der Waals surface area (Å²) < 4.78 is 0. The lowest BCUT2D eigenvalue weighted by Gasteiger charge is -2.27. The molecule has 0 radical (unpaired) electrons. The van der Waals surface area contributed by atoms with Crippen molar-refractivity contribution in [3.05, 3.63) is 23.8 Å². The summed E-state index contributed by atoms with van der Waals surface area (Å²) >= 11 is 0. The van der Waals surface area contributed by atoms with Crippen molar-refractivity contribution in [1.82, 2.24) is 9.80 Å². The first-order valence-electron chi connectivity index (χ1n) is 6.55. The second-order valence-corrected chi connectivity index (χ2v) is 5.44. The Bertz CT molecular complexity index is 504. The Morgan fingerprint density at radius 3 is 2.75 bits per heavy atom. The standard InChI is InChI=1S/C14H20N2O4/c1-15(2)7-9-6-10(17)8-16(9)14(20)11-4-3-5-12(18)13(11)19/h3-5,9-10,17-19H,6-8H2,1-2H3. The summed E-state index contributed by atoms with van der Waals surface area (Å²) in [5, 5.41) is 29.0. The Kier molecular flexibility index (Phi) is 4.15. The van der Waals surface area contributed by atoms with Crippen molar-refractivity contribution in [2.75, 3.05) is 27.2 Å². The lowest BCUT2D eigenvalue weighted by Crippen LogP contribution is -2.41. The molecule has 1 aliphatic rings. The zero-order chi connectivity index (χ0) is 14.9. The highest BCUT2D eigenvalue weighted by Crippen LogP contribution is 2.31. The summed E-state index contributed by atoms with van der Waals surface area (Å²) in [5.41, 5.74) is 0.0582. The molecule has 1 aliphatic heterocycles. The normalized spacial score (nSPS) is 22.5. The fourth-order valence-electron chi connectivity index (χ4n) is 2.59. The molecule has 6 nitrogen and oxygen atoms in total. The molecule has 1 amide bonds. The van der Waals surface area contributed by atoms with Crippen LogP contribution in [0.25, 0.3) is 0 Å². The van der Waals surface area contributed by atoms with Gasteiger partial charge in [0.25, 0.3) is 5.91 Å². The summed E-state index contributed by atoms with van der Waals surface area (Å²) in [6.45, 7) is 0.884. The van der Waals surface area contributed by atoms with E-state index in [1.807, 2.05) is 19.0 Å². The maximum absolute atomic E-state index is 12.5. The number of β-amino-alcohol motifs (C(OH)–C–C–N with tert-alkyl or cyclic N) is 1. The molecule has 3 N–H and O–H groups in total. The number of nitrogens with zero attached hydrogens (tertiary/aromatic N) is 2. The van der Waals surface area contributed by atoms with Crippen molar-refractivity contribution < 1.29 is 20.1 Å². The topological polar surface area (TPSA) is 84.2 Å². The van der Waals surface area contributed by atoms with E-state index in [4.69, 9.17) is 0 Å². The average Bonchev–Trinajstić information content (AvgIpc) is 2.72. The van der Waals surface area contributed by atoms with E-state index in [0.29, 0.717) is 13.0 Å². The first kappa shape index (κ1) is 14.6. The number of aliphatic hydroxyl groups excluding tert-OH is 1. The van der Waals surface area contributed by atoms with Gasteiger partial charge in [0.15, 0.2) is 11.5 Å². The lowest BCUT2D eigenvalue weighted by atomic mass is 10.1. The van der Waals surface area contributed by atoms with Crippen molar-refractivity contribution in [1.29, 1.82) is 0 Å². The molecule has 0 saturated carbocycles. The molecule has 110 valence electrons. The maximum Gasteiger partial charge on any atom is 0.258 e. The van der Waals surface area contributed by atoms with E-state index < -0.39 is 11.9 Å². The predicted octanol–water partition coefficient (Wildman–Crippen LogP) is 0.235. The van der Waals surface area contributed by atoms with Crippen LogP contribution in [0.5, 0.6) is 11.5 Å². The number of phenolic OH excluding ortho intramolecular Hbond substituents is 2. The number of likely N-dealkylation sites (tertiary alicyclic amines) is 1. The smallest absolute Gasteiger partial charge is 0.258 e. The number of phenols is 2. The number of carbonyl (C=O) groups excluding carboxylic acids is 1. The number of aliphatic hydroxyl groups is 1. The summed E-state index contributed by atoms with van der Waals surface area (Å²) in [4.78, 5) is 16.0. The van der Waals surface area contributed by atoms with E-state index in [0.717, 1.165) is 0 Å². The number of carbonyl (C=O) groups is 1. The van der Waals surface area contributed by atoms with Crippen molar-refractivity contribution in [3.63, 3.8) is 0 Å². The molecule has 1 heterocycles. The Morgan fingerprint density at radius 2 is 2.10 bits per heavy atom. The molecule has 1 saturated heterocycles. The Labute approximate surface area is 117 Å². The van der Waals surface area contributed by atoms with Gasteiger partial charge in [-0.1, -0.05) is 6.07 Å². The first-order valence-corrected chi connectivity index (χ1v) is 6.55. The van der Waals surface area contributed by atoms with E-state index >= 15 is 0 Å². The number of hydrogen-bond donors (Lipinski definition) is 3. The molecule has 6 heteroatoms. The molecule has 0 spiro atoms. The SMILES string of the molecule is CN(C)CC1CC(O)CN1C(=O)c1cccc(O)c1O. The molecular formula is C14H20N2O4. The average molecular weight is 280 g/mol. The van der Waals surface area contributed by atoms with Crippen LogP contribution in [0.15, 0.2) is 18.2 Å². The Morgan fingerprint density at radius 1 is 1.40 bits per heavy atom. The third kappa shape index (κ3) is 2.86. The van der Waals surface area contributed by atoms with Crippen LogP contribution in [-0.2, 0) is 0 Å². The monoisotopic (exact) mass is 280 g/mol. The van der Waals surface area contributed by atoms with Gasteiger partial charge in [-0.05, 0) is 32.6 Å². The van der Waals surface area contributed by atoms with Crippen molar-refractivity contribution in [3.8, 4) is 11.5 Å². The molecule has 2 atom stereocenters. The van der Waals surface area contributed by atoms with Crippen LogP contribution in [0.4, 0.5) is 0 Å². The Hall–Kier alpha value is -1.79. The van der Waals surface area contributed by atoms with Gasteiger partial charge in [0.1, 0.15) is 0 Å². The van der Waals surface area contributed by atoms with E-state index in [1.54, 1.807) is 4.90 Å². The van der Waals surface area contributed by atoms with Gasteiger partial charge in [-0.15, -0.1) is 0 Å². The first-order chi connectivity index (χ1) is 9.40. The highest BCUT2D eigenvalue weighted by molar-refractivity contribution is 5.98. The number of aromatic hydroxyl groups is 2. The van der Waals surface area contributed by atoms with Crippen LogP contribution in [-0.4, -0.2) is 70.4 Å². The number of amides is 1. The van der Waals surface area contributed by atoms with Gasteiger partial charge >= 0.3 is 0 Å². The minimum Gasteiger partial charge on any atom is -0.504 e. The molecule has 2 unspecified atom stereocenters. The highest BCUT2D eigenvalue weighted by Gasteiger charge is 2.35. The van der Waals surface area contributed by atoms with Crippen molar-refractivity contribution >= 4 is 5.91 Å². The molecule has 20 heavy (non-hydrogen) atoms. The third-order valence-corrected chi connectivity index (χ3v) is 3.47. The molecule has 2 rings (SSSR count). The van der Waals surface area contributed by atoms with Crippen LogP contribution in [0.2, 0.25) is 0 Å². The number of para-hydroxylation sites is 1. The molecule has 1 fully saturated rings. The number of likely N-dealkylation sites (N-methyl/N-ethyl adjacent to an activating group) is 1. The van der Waals surface area contributed by atoms with Crippen LogP contribution in [0.1, 0.15) is 16.8 Å². The third-order valence-electron chi connectivity index (χ3n) is 3.47. The zero-order valence-corrected chi connectivity index (χ0v) is 11.7. The zero-order valence-electron chi connectivity index (χ0n) is 11.7. The molecule has 0 bridgehead atoms. The van der Waals surface area contributed by atoms with Gasteiger partial charge in [-0.3, -0.25) is 4.79 Å². The lowest BCUT2D eigenvalue weighted by molar-refractivity contribution is 0.0695. The second kappa shape index (κ2) is 5.68. The summed E-state index contributed by atoms with van der Waals surface area (Å²) in [5.74, 6) is -1.11. The van der Waals surface area contributed by atoms with Crippen LogP contribution in [0, 0.1) is 0 Å². The molecule has 0 aromatic heterocycles. The van der Waals surface area contributed by atoms with Crippen molar-refractivity contribution in [2.24, 2.45) is 0 Å². The van der Waals surface area contributed by atoms with Crippen LogP contribution >= 0.6 is 0 Å². The fraction of sp³-hybridized carbons (Fsp3) is 0.500. The summed E-state index contributed by atoms with van der Waals surface area (Å²) in [7, 11) is 3.80. The van der Waals surface area contributed by atoms with Gasteiger partial charge in [-0.2, -0.15) is 0 Å². The molecule has 1 aromatic rings. The number of rotatable bonds is 3. The minimum absolute atomic E-state index is 0.0582. The van der Waals surface area contributed by atoms with Gasteiger partial charge in [-0.25, -0.2) is 0 Å². The molecule has 0 aliphatic carbocycles. The minimum atomic E-state index is -0.552. The predicted molar refractivity (Wildman–Crippen MR) is 73.8 cm³/mol. The van der Waals surface area contributed by atoms with E-state index in [2.05, 4.69) is 0 Å². The van der Waals surface area contributed by atoms with E-state index in [1.165, 1.54) is 18.2 Å². The Balaban J connectivity index is 2.24. The van der Waals surface area contributed by atoms with E-state index in [-0.39, 0.29) is 29.8 Å². The molecule has 1 aromatic carbocycles. The van der Waals surface area contributed by atoms with Gasteiger partial charge in [0.2, 0.25) is 0 Å². The fourth-order valence-corrected chi connectivity index (χ4v) is 2.59. The van der Waals surface area contributed by atoms with Crippen LogP contribution < -0.4 is 0 Å². The van der Waals surface area contributed by atoms with Crippen molar-refractivity contribution in [2.45, 2.75) is 18.6 Å². The molecular weight excluding hydrogens is 260 g/mol. The quantitative estimate of drug-likeness (QED) is 0.691. The number of hydrogen-bond acceptors (Lipinski definition) is 5. The van der Waals surface area contributed by atoms with Crippen LogP contribution in [0.3, 0.4) is 0 Å². The summed E-state index contributed by atoms with van der Waals surface area (Å²) in [6.07, 6.45) is -0.0351. The summed E-state index contributed by atoms with van der Waals surface area (Å²) in [6, 6.07) is 4.20. The van der Waals surface area contributed by atoms with Gasteiger partial charge in [0, 0.05) is 19.1 Å². The van der Waals surface area contributed by atoms with Gasteiger partial charge < -0.3 is 25.1 Å². The maximum atomic E-state index is 12.5. The van der Waals surface area contributed by atoms with E-state index in [9.17, 15) is 20.1 Å².